The van der Waals surface area contributed by atoms with Crippen LogP contribution in [0.2, 0.25) is 0 Å². The first-order valence-electron chi connectivity index (χ1n) is 6.95. The van der Waals surface area contributed by atoms with Gasteiger partial charge in [0.2, 0.25) is 0 Å². The lowest BCUT2D eigenvalue weighted by Crippen LogP contribution is -2.42. The number of nitrogens with one attached hydrogen (secondary N) is 1. The number of likely N-dealkylation sites (tertiary alicyclic amines) is 1. The Morgan fingerprint density at radius 1 is 1.21 bits per heavy atom. The van der Waals surface area contributed by atoms with Crippen LogP contribution >= 0.6 is 0 Å². The monoisotopic (exact) mass is 268 g/mol. The van der Waals surface area contributed by atoms with Gasteiger partial charge in [0, 0.05) is 36.4 Å². The summed E-state index contributed by atoms with van der Waals surface area (Å²) in [5, 5.41) is 3.38. The maximum Gasteiger partial charge on any atom is 0.263 e. The van der Waals surface area contributed by atoms with E-state index >= 15 is 0 Å². The minimum atomic E-state index is -2.40. The van der Waals surface area contributed by atoms with E-state index in [1.165, 1.54) is 6.07 Å². The zero-order valence-electron chi connectivity index (χ0n) is 11.6. The third-order valence-electron chi connectivity index (χ3n) is 3.77. The molecule has 1 heterocycles. The van der Waals surface area contributed by atoms with Crippen LogP contribution in [0, 0.1) is 0 Å². The zero-order chi connectivity index (χ0) is 13.8. The molecule has 0 radical (unpaired) electrons. The van der Waals surface area contributed by atoms with Crippen molar-refractivity contribution in [3.05, 3.63) is 29.8 Å². The van der Waals surface area contributed by atoms with Crippen LogP contribution in [-0.2, 0) is 0 Å². The molecule has 0 amide bonds. The van der Waals surface area contributed by atoms with Gasteiger partial charge in [0.05, 0.1) is 0 Å². The summed E-state index contributed by atoms with van der Waals surface area (Å²) in [5.74, 6) is 0. The van der Waals surface area contributed by atoms with Gasteiger partial charge in [-0.2, -0.15) is 0 Å². The molecular formula is C15H22F2N2. The molecular weight excluding hydrogens is 246 g/mol. The summed E-state index contributed by atoms with van der Waals surface area (Å²) in [6.45, 7) is 6.56. The van der Waals surface area contributed by atoms with E-state index in [1.54, 1.807) is 12.1 Å². The van der Waals surface area contributed by atoms with Gasteiger partial charge < -0.3 is 10.2 Å². The maximum atomic E-state index is 12.6. The lowest BCUT2D eigenvalue weighted by Gasteiger charge is -2.35. The van der Waals surface area contributed by atoms with Gasteiger partial charge in [-0.25, -0.2) is 8.78 Å². The molecule has 1 aromatic carbocycles. The first-order chi connectivity index (χ1) is 9.06. The largest absolute Gasteiger partial charge is 0.382 e. The van der Waals surface area contributed by atoms with Crippen molar-refractivity contribution in [2.75, 3.05) is 18.4 Å². The Hall–Kier alpha value is -1.16. The molecule has 19 heavy (non-hydrogen) atoms. The second-order valence-corrected chi connectivity index (χ2v) is 5.47. The van der Waals surface area contributed by atoms with Crippen LogP contribution in [0.3, 0.4) is 0 Å². The quantitative estimate of drug-likeness (QED) is 0.890. The lowest BCUT2D eigenvalue weighted by molar-refractivity contribution is 0.151. The molecule has 2 nitrogen and oxygen atoms in total. The third-order valence-corrected chi connectivity index (χ3v) is 3.77. The summed E-state index contributed by atoms with van der Waals surface area (Å²) < 4.78 is 25.3. The van der Waals surface area contributed by atoms with Gasteiger partial charge in [0.25, 0.3) is 6.43 Å². The molecule has 106 valence electrons. The predicted octanol–water partition coefficient (Wildman–Crippen LogP) is 3.91. The zero-order valence-corrected chi connectivity index (χ0v) is 11.6. The number of piperidine rings is 1. The molecule has 0 spiro atoms. The average Bonchev–Trinajstić information content (AvgIpc) is 2.39. The highest BCUT2D eigenvalue weighted by Crippen LogP contribution is 2.23. The number of anilines is 1. The molecule has 0 aromatic heterocycles. The SMILES string of the molecule is CC(C)N1CCC(Nc2cccc(C(F)F)c2)CC1. The fourth-order valence-corrected chi connectivity index (χ4v) is 2.56. The highest BCUT2D eigenvalue weighted by Gasteiger charge is 2.20. The van der Waals surface area contributed by atoms with E-state index in [0.717, 1.165) is 31.6 Å². The average molecular weight is 268 g/mol. The van der Waals surface area contributed by atoms with Gasteiger partial charge in [0.15, 0.2) is 0 Å². The summed E-state index contributed by atoms with van der Waals surface area (Å²) in [7, 11) is 0. The number of alkyl halides is 2. The van der Waals surface area contributed by atoms with Gasteiger partial charge in [-0.3, -0.25) is 0 Å². The minimum Gasteiger partial charge on any atom is -0.382 e. The van der Waals surface area contributed by atoms with Gasteiger partial charge in [-0.05, 0) is 38.8 Å². The van der Waals surface area contributed by atoms with Crippen LogP contribution < -0.4 is 5.32 Å². The molecule has 0 bridgehead atoms. The van der Waals surface area contributed by atoms with Crippen molar-refractivity contribution in [2.45, 2.75) is 45.2 Å². The number of hydrogen-bond donors (Lipinski definition) is 1. The number of hydrogen-bond acceptors (Lipinski definition) is 2. The van der Waals surface area contributed by atoms with Crippen molar-refractivity contribution >= 4 is 5.69 Å². The van der Waals surface area contributed by atoms with Crippen molar-refractivity contribution in [2.24, 2.45) is 0 Å². The molecule has 0 aliphatic carbocycles. The van der Waals surface area contributed by atoms with Crippen LogP contribution in [-0.4, -0.2) is 30.1 Å². The number of halogens is 2. The van der Waals surface area contributed by atoms with E-state index in [2.05, 4.69) is 24.1 Å². The maximum absolute atomic E-state index is 12.6. The van der Waals surface area contributed by atoms with Crippen LogP contribution in [0.5, 0.6) is 0 Å². The van der Waals surface area contributed by atoms with Gasteiger partial charge >= 0.3 is 0 Å². The fourth-order valence-electron chi connectivity index (χ4n) is 2.56. The Morgan fingerprint density at radius 2 is 1.89 bits per heavy atom. The van der Waals surface area contributed by atoms with Crippen LogP contribution in [0.15, 0.2) is 24.3 Å². The smallest absolute Gasteiger partial charge is 0.263 e. The molecule has 0 saturated carbocycles. The first kappa shape index (κ1) is 14.3. The number of nitrogens with zero attached hydrogens (tertiary/aromatic N) is 1. The summed E-state index contributed by atoms with van der Waals surface area (Å²) in [6, 6.07) is 7.55. The standard InChI is InChI=1S/C15H22F2N2/c1-11(2)19-8-6-13(7-9-19)18-14-5-3-4-12(10-14)15(16)17/h3-5,10-11,13,15,18H,6-9H2,1-2H3. The number of benzene rings is 1. The van der Waals surface area contributed by atoms with Gasteiger partial charge in [0.1, 0.15) is 0 Å². The normalized spacial score (nSPS) is 18.2. The van der Waals surface area contributed by atoms with E-state index < -0.39 is 6.43 Å². The Labute approximate surface area is 113 Å². The van der Waals surface area contributed by atoms with Crippen molar-refractivity contribution in [3.63, 3.8) is 0 Å². The summed E-state index contributed by atoms with van der Waals surface area (Å²) in [5.41, 5.74) is 0.894. The Kier molecular flexibility index (Phi) is 4.75. The second kappa shape index (κ2) is 6.33. The van der Waals surface area contributed by atoms with E-state index in [-0.39, 0.29) is 5.56 Å². The van der Waals surface area contributed by atoms with Crippen molar-refractivity contribution < 1.29 is 8.78 Å². The first-order valence-corrected chi connectivity index (χ1v) is 6.95. The lowest BCUT2D eigenvalue weighted by atomic mass is 10.0. The molecule has 1 saturated heterocycles. The van der Waals surface area contributed by atoms with Crippen molar-refractivity contribution in [1.82, 2.24) is 4.90 Å². The van der Waals surface area contributed by atoms with Crippen LogP contribution in [0.25, 0.3) is 0 Å². The third kappa shape index (κ3) is 3.90. The molecule has 4 heteroatoms. The van der Waals surface area contributed by atoms with Crippen molar-refractivity contribution in [3.8, 4) is 0 Å². The summed E-state index contributed by atoms with van der Waals surface area (Å²) in [4.78, 5) is 2.45. The molecule has 2 rings (SSSR count). The summed E-state index contributed by atoms with van der Waals surface area (Å²) in [6.07, 6.45) is -0.265. The number of rotatable bonds is 4. The molecule has 0 atom stereocenters. The molecule has 1 aromatic rings. The fraction of sp³-hybridized carbons (Fsp3) is 0.600. The molecule has 1 fully saturated rings. The topological polar surface area (TPSA) is 15.3 Å². The Morgan fingerprint density at radius 3 is 2.47 bits per heavy atom. The van der Waals surface area contributed by atoms with E-state index in [9.17, 15) is 8.78 Å². The Bertz CT molecular complexity index is 399. The molecule has 1 aliphatic heterocycles. The highest BCUT2D eigenvalue weighted by molar-refractivity contribution is 5.46. The van der Waals surface area contributed by atoms with Crippen molar-refractivity contribution in [1.29, 1.82) is 0 Å². The Balaban J connectivity index is 1.90. The summed E-state index contributed by atoms with van der Waals surface area (Å²) >= 11 is 0. The highest BCUT2D eigenvalue weighted by atomic mass is 19.3. The van der Waals surface area contributed by atoms with E-state index in [4.69, 9.17) is 0 Å². The second-order valence-electron chi connectivity index (χ2n) is 5.47. The predicted molar refractivity (Wildman–Crippen MR) is 74.8 cm³/mol. The molecule has 1 N–H and O–H groups in total. The minimum absolute atomic E-state index is 0.0876. The van der Waals surface area contributed by atoms with Gasteiger partial charge in [-0.1, -0.05) is 12.1 Å². The van der Waals surface area contributed by atoms with E-state index in [1.807, 2.05) is 6.07 Å². The molecule has 1 aliphatic rings. The van der Waals surface area contributed by atoms with Gasteiger partial charge in [-0.15, -0.1) is 0 Å². The van der Waals surface area contributed by atoms with Crippen LogP contribution in [0.4, 0.5) is 14.5 Å². The van der Waals surface area contributed by atoms with Crippen LogP contribution in [0.1, 0.15) is 38.7 Å². The van der Waals surface area contributed by atoms with E-state index in [0.29, 0.717) is 12.1 Å². The molecule has 0 unspecified atom stereocenters.